The minimum Gasteiger partial charge on any atom is -0.489 e. The Morgan fingerprint density at radius 1 is 0.818 bits per heavy atom. The number of ether oxygens (including phenoxy) is 3. The van der Waals surface area contributed by atoms with Crippen LogP contribution in [0.1, 0.15) is 74.7 Å². The number of hydrogen-bond acceptors (Lipinski definition) is 7. The fourth-order valence-electron chi connectivity index (χ4n) is 5.48. The van der Waals surface area contributed by atoms with E-state index in [4.69, 9.17) is 14.2 Å². The van der Waals surface area contributed by atoms with Gasteiger partial charge in [-0.25, -0.2) is 4.79 Å². The highest BCUT2D eigenvalue weighted by Gasteiger charge is 2.19. The average molecular weight is 601 g/mol. The molecular weight excluding hydrogens is 552 g/mol. The van der Waals surface area contributed by atoms with Crippen molar-refractivity contribution in [1.82, 2.24) is 4.90 Å². The summed E-state index contributed by atoms with van der Waals surface area (Å²) in [5, 5.41) is 0. The fourth-order valence-corrected chi connectivity index (χ4v) is 5.48. The molecule has 0 unspecified atom stereocenters. The Morgan fingerprint density at radius 2 is 1.52 bits per heavy atom. The third-order valence-corrected chi connectivity index (χ3v) is 7.97. The van der Waals surface area contributed by atoms with Gasteiger partial charge in [-0.3, -0.25) is 4.79 Å². The number of hydrogen-bond donors (Lipinski definition) is 0. The third-order valence-electron chi connectivity index (χ3n) is 7.97. The summed E-state index contributed by atoms with van der Waals surface area (Å²) in [6.45, 7) is 10.3. The number of esters is 2. The molecule has 1 fully saturated rings. The fraction of sp³-hybridized carbons (Fsp3) is 0.459. The molecule has 0 aromatic heterocycles. The van der Waals surface area contributed by atoms with Crippen LogP contribution in [-0.2, 0) is 14.3 Å². The maximum absolute atomic E-state index is 12.6. The molecule has 0 saturated carbocycles. The van der Waals surface area contributed by atoms with Gasteiger partial charge in [-0.2, -0.15) is 0 Å². The van der Waals surface area contributed by atoms with Crippen LogP contribution in [0.25, 0.3) is 22.3 Å². The van der Waals surface area contributed by atoms with Crippen LogP contribution in [0.4, 0.5) is 5.69 Å². The van der Waals surface area contributed by atoms with Gasteiger partial charge in [0, 0.05) is 30.8 Å². The maximum Gasteiger partial charge on any atom is 0.338 e. The standard InChI is InChI=1S/C37H48N2O5/c1-6-36(40)43-24-23-42-35-18-16-30(28-11-13-29(14-12-28)37(41)44-22-10-9-19-38(4)5)25-33(35)31-15-17-34(32(26-31)27(2)3)39-20-7-8-21-39/h11-18,25-27H,6-10,19-24H2,1-5H3. The zero-order chi connectivity index (χ0) is 31.5. The quantitative estimate of drug-likeness (QED) is 0.132. The van der Waals surface area contributed by atoms with E-state index in [0.717, 1.165) is 60.5 Å². The number of anilines is 1. The van der Waals surface area contributed by atoms with Crippen molar-refractivity contribution in [2.24, 2.45) is 0 Å². The van der Waals surface area contributed by atoms with Gasteiger partial charge < -0.3 is 24.0 Å². The van der Waals surface area contributed by atoms with E-state index in [9.17, 15) is 9.59 Å². The van der Waals surface area contributed by atoms with Crippen LogP contribution in [0.5, 0.6) is 5.75 Å². The normalized spacial score (nSPS) is 13.0. The van der Waals surface area contributed by atoms with E-state index >= 15 is 0 Å². The summed E-state index contributed by atoms with van der Waals surface area (Å²) in [5.74, 6) is 0.569. The van der Waals surface area contributed by atoms with Crippen LogP contribution in [-0.4, -0.2) is 70.4 Å². The van der Waals surface area contributed by atoms with E-state index in [2.05, 4.69) is 47.9 Å². The summed E-state index contributed by atoms with van der Waals surface area (Å²) >= 11 is 0. The van der Waals surface area contributed by atoms with Crippen molar-refractivity contribution in [3.63, 3.8) is 0 Å². The number of nitrogens with zero attached hydrogens (tertiary/aromatic N) is 2. The first-order valence-corrected chi connectivity index (χ1v) is 16.0. The first kappa shape index (κ1) is 33.1. The van der Waals surface area contributed by atoms with Gasteiger partial charge in [-0.05, 0) is 111 Å². The van der Waals surface area contributed by atoms with Crippen LogP contribution in [0, 0.1) is 0 Å². The minimum absolute atomic E-state index is 0.201. The second-order valence-corrected chi connectivity index (χ2v) is 12.0. The lowest BCUT2D eigenvalue weighted by molar-refractivity contribution is -0.143. The summed E-state index contributed by atoms with van der Waals surface area (Å²) in [7, 11) is 4.08. The highest BCUT2D eigenvalue weighted by Crippen LogP contribution is 2.39. The van der Waals surface area contributed by atoms with E-state index in [1.807, 2.05) is 50.5 Å². The molecule has 1 aliphatic heterocycles. The van der Waals surface area contributed by atoms with E-state index in [1.54, 1.807) is 6.92 Å². The molecule has 7 nitrogen and oxygen atoms in total. The van der Waals surface area contributed by atoms with E-state index in [-0.39, 0.29) is 25.2 Å². The second kappa shape index (κ2) is 16.3. The van der Waals surface area contributed by atoms with Gasteiger partial charge in [0.1, 0.15) is 19.0 Å². The zero-order valence-electron chi connectivity index (χ0n) is 27.1. The highest BCUT2D eigenvalue weighted by molar-refractivity contribution is 5.90. The van der Waals surface area contributed by atoms with Crippen LogP contribution in [0.3, 0.4) is 0 Å². The molecule has 0 radical (unpaired) electrons. The zero-order valence-corrected chi connectivity index (χ0v) is 27.1. The van der Waals surface area contributed by atoms with Gasteiger partial charge in [-0.15, -0.1) is 0 Å². The lowest BCUT2D eigenvalue weighted by Gasteiger charge is -2.24. The maximum atomic E-state index is 12.6. The summed E-state index contributed by atoms with van der Waals surface area (Å²) in [6, 6.07) is 20.4. The van der Waals surface area contributed by atoms with Crippen molar-refractivity contribution in [2.75, 3.05) is 58.5 Å². The van der Waals surface area contributed by atoms with Gasteiger partial charge in [0.05, 0.1) is 12.2 Å². The van der Waals surface area contributed by atoms with Crippen molar-refractivity contribution in [3.8, 4) is 28.0 Å². The molecule has 0 bridgehead atoms. The average Bonchev–Trinajstić information content (AvgIpc) is 3.57. The first-order valence-electron chi connectivity index (χ1n) is 16.0. The molecule has 236 valence electrons. The number of carbonyl (C=O) groups excluding carboxylic acids is 2. The van der Waals surface area contributed by atoms with Crippen molar-refractivity contribution < 1.29 is 23.8 Å². The Labute approximate surface area is 263 Å². The van der Waals surface area contributed by atoms with Crippen molar-refractivity contribution in [1.29, 1.82) is 0 Å². The first-order chi connectivity index (χ1) is 21.3. The number of rotatable bonds is 15. The Hall–Kier alpha value is -3.84. The summed E-state index contributed by atoms with van der Waals surface area (Å²) in [6.07, 6.45) is 4.64. The third kappa shape index (κ3) is 9.08. The van der Waals surface area contributed by atoms with Gasteiger partial charge in [0.25, 0.3) is 0 Å². The molecule has 44 heavy (non-hydrogen) atoms. The molecular formula is C37H48N2O5. The lowest BCUT2D eigenvalue weighted by Crippen LogP contribution is -2.19. The monoisotopic (exact) mass is 600 g/mol. The van der Waals surface area contributed by atoms with Gasteiger partial charge >= 0.3 is 11.9 Å². The molecule has 1 saturated heterocycles. The molecule has 0 atom stereocenters. The molecule has 3 aromatic carbocycles. The number of benzene rings is 3. The molecule has 7 heteroatoms. The van der Waals surface area contributed by atoms with Gasteiger partial charge in [0.2, 0.25) is 0 Å². The lowest BCUT2D eigenvalue weighted by atomic mass is 9.93. The van der Waals surface area contributed by atoms with Crippen LogP contribution < -0.4 is 9.64 Å². The summed E-state index contributed by atoms with van der Waals surface area (Å²) in [4.78, 5) is 28.8. The van der Waals surface area contributed by atoms with Crippen molar-refractivity contribution in [2.45, 2.75) is 58.8 Å². The van der Waals surface area contributed by atoms with Crippen LogP contribution >= 0.6 is 0 Å². The molecule has 0 amide bonds. The minimum atomic E-state index is -0.297. The summed E-state index contributed by atoms with van der Waals surface area (Å²) < 4.78 is 16.9. The Bertz CT molecular complexity index is 1380. The van der Waals surface area contributed by atoms with E-state index in [0.29, 0.717) is 24.5 Å². The Balaban J connectivity index is 1.57. The predicted octanol–water partition coefficient (Wildman–Crippen LogP) is 7.57. The molecule has 1 heterocycles. The topological polar surface area (TPSA) is 68.3 Å². The molecule has 1 aliphatic rings. The Kier molecular flexibility index (Phi) is 12.2. The van der Waals surface area contributed by atoms with Crippen molar-refractivity contribution >= 4 is 17.6 Å². The van der Waals surface area contributed by atoms with Gasteiger partial charge in [0.15, 0.2) is 0 Å². The second-order valence-electron chi connectivity index (χ2n) is 12.0. The van der Waals surface area contributed by atoms with E-state index < -0.39 is 0 Å². The van der Waals surface area contributed by atoms with Crippen LogP contribution in [0.2, 0.25) is 0 Å². The molecule has 0 N–H and O–H groups in total. The predicted molar refractivity (Wildman–Crippen MR) is 178 cm³/mol. The molecule has 0 spiro atoms. The van der Waals surface area contributed by atoms with E-state index in [1.165, 1.54) is 24.1 Å². The SMILES string of the molecule is CCC(=O)OCCOc1ccc(-c2ccc(C(=O)OCCCCN(C)C)cc2)cc1-c1ccc(N2CCCC2)c(C(C)C)c1. The number of carbonyl (C=O) groups is 2. The Morgan fingerprint density at radius 3 is 2.20 bits per heavy atom. The smallest absolute Gasteiger partial charge is 0.338 e. The molecule has 4 rings (SSSR count). The summed E-state index contributed by atoms with van der Waals surface area (Å²) in [5.41, 5.74) is 7.24. The molecule has 0 aliphatic carbocycles. The van der Waals surface area contributed by atoms with Crippen molar-refractivity contribution in [3.05, 3.63) is 71.8 Å². The van der Waals surface area contributed by atoms with Gasteiger partial charge in [-0.1, -0.05) is 45.0 Å². The van der Waals surface area contributed by atoms with Crippen LogP contribution in [0.15, 0.2) is 60.7 Å². The highest BCUT2D eigenvalue weighted by atomic mass is 16.6. The number of unbranched alkanes of at least 4 members (excludes halogenated alkanes) is 1. The largest absolute Gasteiger partial charge is 0.489 e. The molecule has 3 aromatic rings.